The average molecular weight is 426 g/mol. The van der Waals surface area contributed by atoms with Crippen LogP contribution in [0.25, 0.3) is 0 Å². The Kier molecular flexibility index (Phi) is 10.9. The number of aliphatic hydroxyl groups is 1. The summed E-state index contributed by atoms with van der Waals surface area (Å²) in [5.41, 5.74) is 0.977. The number of ether oxygens (including phenoxy) is 1. The lowest BCUT2D eigenvalue weighted by molar-refractivity contribution is -0.140. The molecule has 1 amide bonds. The van der Waals surface area contributed by atoms with E-state index in [0.29, 0.717) is 19.3 Å². The van der Waals surface area contributed by atoms with Gasteiger partial charge in [-0.1, -0.05) is 62.0 Å². The van der Waals surface area contributed by atoms with E-state index in [9.17, 15) is 14.7 Å². The lowest BCUT2D eigenvalue weighted by Gasteiger charge is -2.23. The summed E-state index contributed by atoms with van der Waals surface area (Å²) >= 11 is 0. The van der Waals surface area contributed by atoms with Crippen LogP contribution in [0.4, 0.5) is 0 Å². The molecule has 0 radical (unpaired) electrons. The molecule has 3 atom stereocenters. The van der Waals surface area contributed by atoms with E-state index < -0.39 is 6.10 Å². The van der Waals surface area contributed by atoms with Crippen molar-refractivity contribution in [3.8, 4) is 11.8 Å². The molecule has 5 heteroatoms. The summed E-state index contributed by atoms with van der Waals surface area (Å²) in [6.07, 6.45) is 9.32. The minimum absolute atomic E-state index is 0.0211. The Labute approximate surface area is 186 Å². The molecule has 1 aromatic carbocycles. The molecule has 1 aliphatic heterocycles. The van der Waals surface area contributed by atoms with Gasteiger partial charge in [0.2, 0.25) is 5.91 Å². The van der Waals surface area contributed by atoms with Crippen molar-refractivity contribution in [1.82, 2.24) is 4.90 Å². The number of esters is 1. The summed E-state index contributed by atoms with van der Waals surface area (Å²) in [6, 6.07) is 9.88. The van der Waals surface area contributed by atoms with E-state index in [-0.39, 0.29) is 23.8 Å². The molecule has 2 rings (SSSR count). The minimum atomic E-state index is -0.582. The third kappa shape index (κ3) is 8.98. The molecule has 0 aliphatic carbocycles. The number of nitrogens with zero attached hydrogens (tertiary/aromatic N) is 1. The molecule has 168 valence electrons. The van der Waals surface area contributed by atoms with E-state index in [1.807, 2.05) is 54.3 Å². The number of hydrogen-bond acceptors (Lipinski definition) is 4. The fraction of sp³-hybridized carbons (Fsp3) is 0.538. The zero-order valence-corrected chi connectivity index (χ0v) is 18.8. The standard InChI is InChI=1S/C26H35NO4/c1-21(11-10-14-22-12-6-5-7-13-22)24(28)18-16-23-17-19-25(29)27(23)20-9-4-3-8-15-26(30)31-2/h5-7,12-13,16,18,21,23-24,28H,3-4,8-9,11,15,17,19-20H2,1-2H3. The van der Waals surface area contributed by atoms with Gasteiger partial charge < -0.3 is 14.7 Å². The summed E-state index contributed by atoms with van der Waals surface area (Å²) in [4.78, 5) is 25.3. The highest BCUT2D eigenvalue weighted by molar-refractivity contribution is 5.79. The molecule has 31 heavy (non-hydrogen) atoms. The number of amides is 1. The number of rotatable bonds is 11. The molecular formula is C26H35NO4. The average Bonchev–Trinajstić information content (AvgIpc) is 3.14. The van der Waals surface area contributed by atoms with Gasteiger partial charge in [-0.15, -0.1) is 0 Å². The van der Waals surface area contributed by atoms with Crippen LogP contribution in [0.5, 0.6) is 0 Å². The van der Waals surface area contributed by atoms with Gasteiger partial charge in [0.05, 0.1) is 19.3 Å². The van der Waals surface area contributed by atoms with Crippen molar-refractivity contribution >= 4 is 11.9 Å². The summed E-state index contributed by atoms with van der Waals surface area (Å²) in [5.74, 6) is 6.30. The van der Waals surface area contributed by atoms with Crippen LogP contribution in [0, 0.1) is 17.8 Å². The number of hydrogen-bond donors (Lipinski definition) is 1. The van der Waals surface area contributed by atoms with Gasteiger partial charge in [0.1, 0.15) is 0 Å². The van der Waals surface area contributed by atoms with E-state index in [2.05, 4.69) is 16.6 Å². The first kappa shape index (κ1) is 24.7. The van der Waals surface area contributed by atoms with Gasteiger partial charge in [0.25, 0.3) is 0 Å². The van der Waals surface area contributed by atoms with Gasteiger partial charge in [-0.2, -0.15) is 0 Å². The first-order valence-corrected chi connectivity index (χ1v) is 11.3. The maximum Gasteiger partial charge on any atom is 0.305 e. The van der Waals surface area contributed by atoms with E-state index in [1.54, 1.807) is 0 Å². The number of likely N-dealkylation sites (tertiary alicyclic amines) is 1. The van der Waals surface area contributed by atoms with Crippen LogP contribution >= 0.6 is 0 Å². The molecule has 1 saturated heterocycles. The first-order chi connectivity index (χ1) is 15.0. The lowest BCUT2D eigenvalue weighted by Crippen LogP contribution is -2.33. The van der Waals surface area contributed by atoms with Crippen LogP contribution in [0.2, 0.25) is 0 Å². The van der Waals surface area contributed by atoms with E-state index in [0.717, 1.165) is 44.2 Å². The minimum Gasteiger partial charge on any atom is -0.469 e. The first-order valence-electron chi connectivity index (χ1n) is 11.3. The summed E-state index contributed by atoms with van der Waals surface area (Å²) < 4.78 is 4.64. The molecule has 3 unspecified atom stereocenters. The van der Waals surface area contributed by atoms with Crippen LogP contribution in [0.1, 0.15) is 63.9 Å². The van der Waals surface area contributed by atoms with Gasteiger partial charge in [-0.25, -0.2) is 0 Å². The number of carbonyl (C=O) groups excluding carboxylic acids is 2. The highest BCUT2D eigenvalue weighted by Gasteiger charge is 2.28. The predicted molar refractivity (Wildman–Crippen MR) is 122 cm³/mol. The van der Waals surface area contributed by atoms with Crippen LogP contribution in [0.15, 0.2) is 42.5 Å². The second-order valence-corrected chi connectivity index (χ2v) is 8.16. The Morgan fingerprint density at radius 2 is 2.00 bits per heavy atom. The van der Waals surface area contributed by atoms with Crippen LogP contribution in [-0.2, 0) is 14.3 Å². The van der Waals surface area contributed by atoms with Crippen molar-refractivity contribution in [1.29, 1.82) is 0 Å². The van der Waals surface area contributed by atoms with Crippen LogP contribution in [0.3, 0.4) is 0 Å². The number of aliphatic hydroxyl groups excluding tert-OH is 1. The van der Waals surface area contributed by atoms with Gasteiger partial charge in [0.15, 0.2) is 0 Å². The van der Waals surface area contributed by atoms with Crippen molar-refractivity contribution in [2.45, 2.75) is 70.4 Å². The summed E-state index contributed by atoms with van der Waals surface area (Å²) in [5, 5.41) is 10.5. The van der Waals surface area contributed by atoms with Gasteiger partial charge in [-0.05, 0) is 37.3 Å². The molecule has 0 saturated carbocycles. The molecule has 0 aromatic heterocycles. The van der Waals surface area contributed by atoms with E-state index in [1.165, 1.54) is 7.11 Å². The molecule has 5 nitrogen and oxygen atoms in total. The van der Waals surface area contributed by atoms with Crippen molar-refractivity contribution < 1.29 is 19.4 Å². The Balaban J connectivity index is 1.74. The second kappa shape index (κ2) is 13.7. The zero-order valence-electron chi connectivity index (χ0n) is 18.8. The number of carbonyl (C=O) groups is 2. The number of methoxy groups -OCH3 is 1. The maximum atomic E-state index is 12.2. The Morgan fingerprint density at radius 1 is 1.26 bits per heavy atom. The molecule has 0 bridgehead atoms. The fourth-order valence-corrected chi connectivity index (χ4v) is 3.64. The Bertz CT molecular complexity index is 778. The molecule has 1 fully saturated rings. The normalized spacial score (nSPS) is 18.0. The zero-order chi connectivity index (χ0) is 22.5. The molecule has 1 aliphatic rings. The van der Waals surface area contributed by atoms with Crippen molar-refractivity contribution in [3.05, 3.63) is 48.0 Å². The summed E-state index contributed by atoms with van der Waals surface area (Å²) in [7, 11) is 1.41. The quantitative estimate of drug-likeness (QED) is 0.251. The van der Waals surface area contributed by atoms with Gasteiger partial charge in [0, 0.05) is 31.4 Å². The smallest absolute Gasteiger partial charge is 0.305 e. The van der Waals surface area contributed by atoms with Crippen molar-refractivity contribution in [2.75, 3.05) is 13.7 Å². The largest absolute Gasteiger partial charge is 0.469 e. The lowest BCUT2D eigenvalue weighted by atomic mass is 9.99. The summed E-state index contributed by atoms with van der Waals surface area (Å²) in [6.45, 7) is 2.71. The predicted octanol–water partition coefficient (Wildman–Crippen LogP) is 4.10. The SMILES string of the molecule is COC(=O)CCCCCCN1C(=O)CCC1C=CC(O)C(C)CC#Cc1ccccc1. The Morgan fingerprint density at radius 3 is 2.74 bits per heavy atom. The molecule has 0 spiro atoms. The monoisotopic (exact) mass is 425 g/mol. The number of unbranched alkanes of at least 4 members (excludes halogenated alkanes) is 3. The third-order valence-electron chi connectivity index (χ3n) is 5.68. The Hall–Kier alpha value is -2.58. The molecule has 1 N–H and O–H groups in total. The second-order valence-electron chi connectivity index (χ2n) is 8.16. The van der Waals surface area contributed by atoms with E-state index in [4.69, 9.17) is 0 Å². The van der Waals surface area contributed by atoms with Gasteiger partial charge in [-0.3, -0.25) is 9.59 Å². The highest BCUT2D eigenvalue weighted by Crippen LogP contribution is 2.22. The van der Waals surface area contributed by atoms with Crippen molar-refractivity contribution in [2.24, 2.45) is 5.92 Å². The highest BCUT2D eigenvalue weighted by atomic mass is 16.5. The third-order valence-corrected chi connectivity index (χ3v) is 5.68. The number of benzene rings is 1. The van der Waals surface area contributed by atoms with Crippen molar-refractivity contribution in [3.63, 3.8) is 0 Å². The maximum absolute atomic E-state index is 12.2. The van der Waals surface area contributed by atoms with Crippen LogP contribution < -0.4 is 0 Å². The topological polar surface area (TPSA) is 66.8 Å². The fourth-order valence-electron chi connectivity index (χ4n) is 3.64. The molecular weight excluding hydrogens is 390 g/mol. The van der Waals surface area contributed by atoms with Crippen LogP contribution in [-0.4, -0.2) is 47.7 Å². The van der Waals surface area contributed by atoms with E-state index >= 15 is 0 Å². The van der Waals surface area contributed by atoms with Gasteiger partial charge >= 0.3 is 5.97 Å². The molecule has 1 aromatic rings. The molecule has 1 heterocycles.